The number of amides is 1. The SMILES string of the molecule is Cc1cc(Cl)cc(C(=O)N2CC[C@H]3CNC[C@H]32)c1. The number of hydrogen-bond acceptors (Lipinski definition) is 2. The Bertz CT molecular complexity index is 468. The Balaban J connectivity index is 1.86. The zero-order valence-electron chi connectivity index (χ0n) is 10.4. The third-order valence-electron chi connectivity index (χ3n) is 4.00. The van der Waals surface area contributed by atoms with Gasteiger partial charge in [0.25, 0.3) is 5.91 Å². The van der Waals surface area contributed by atoms with Gasteiger partial charge in [-0.1, -0.05) is 11.6 Å². The molecule has 1 aromatic rings. The summed E-state index contributed by atoms with van der Waals surface area (Å²) in [5, 5.41) is 4.00. The van der Waals surface area contributed by atoms with Gasteiger partial charge in [-0.25, -0.2) is 0 Å². The van der Waals surface area contributed by atoms with Gasteiger partial charge in [-0.05, 0) is 43.0 Å². The summed E-state index contributed by atoms with van der Waals surface area (Å²) in [5.74, 6) is 0.756. The first-order valence-corrected chi connectivity index (χ1v) is 6.82. The maximum absolute atomic E-state index is 12.5. The molecule has 0 radical (unpaired) electrons. The van der Waals surface area contributed by atoms with Gasteiger partial charge >= 0.3 is 0 Å². The summed E-state index contributed by atoms with van der Waals surface area (Å²) in [4.78, 5) is 14.5. The molecule has 2 saturated heterocycles. The van der Waals surface area contributed by atoms with Crippen LogP contribution in [0.3, 0.4) is 0 Å². The molecule has 18 heavy (non-hydrogen) atoms. The number of likely N-dealkylation sites (tertiary alicyclic amines) is 1. The average Bonchev–Trinajstić information content (AvgIpc) is 2.88. The van der Waals surface area contributed by atoms with Crippen molar-refractivity contribution in [3.05, 3.63) is 34.3 Å². The summed E-state index contributed by atoms with van der Waals surface area (Å²) in [6, 6.07) is 5.94. The normalized spacial score (nSPS) is 26.4. The predicted octanol–water partition coefficient (Wildman–Crippen LogP) is 2.08. The number of rotatable bonds is 1. The van der Waals surface area contributed by atoms with Crippen LogP contribution in [0.25, 0.3) is 0 Å². The number of fused-ring (bicyclic) bond motifs is 1. The number of aryl methyl sites for hydroxylation is 1. The minimum Gasteiger partial charge on any atom is -0.334 e. The maximum atomic E-state index is 12.5. The Morgan fingerprint density at radius 3 is 3.00 bits per heavy atom. The Kier molecular flexibility index (Phi) is 3.04. The van der Waals surface area contributed by atoms with E-state index >= 15 is 0 Å². The summed E-state index contributed by atoms with van der Waals surface area (Å²) >= 11 is 6.03. The molecule has 0 aliphatic carbocycles. The van der Waals surface area contributed by atoms with Crippen LogP contribution in [0.15, 0.2) is 18.2 Å². The van der Waals surface area contributed by atoms with Crippen molar-refractivity contribution in [3.8, 4) is 0 Å². The lowest BCUT2D eigenvalue weighted by Crippen LogP contribution is -2.39. The van der Waals surface area contributed by atoms with Crippen LogP contribution in [0, 0.1) is 12.8 Å². The molecule has 1 aromatic carbocycles. The van der Waals surface area contributed by atoms with Crippen LogP contribution >= 0.6 is 11.6 Å². The van der Waals surface area contributed by atoms with Gasteiger partial charge in [0.2, 0.25) is 0 Å². The van der Waals surface area contributed by atoms with Gasteiger partial charge in [-0.15, -0.1) is 0 Å². The van der Waals surface area contributed by atoms with E-state index in [-0.39, 0.29) is 5.91 Å². The van der Waals surface area contributed by atoms with Crippen molar-refractivity contribution >= 4 is 17.5 Å². The van der Waals surface area contributed by atoms with Crippen molar-refractivity contribution in [1.82, 2.24) is 10.2 Å². The molecule has 2 aliphatic heterocycles. The number of hydrogen-bond donors (Lipinski definition) is 1. The van der Waals surface area contributed by atoms with Crippen LogP contribution in [0.4, 0.5) is 0 Å². The molecular weight excluding hydrogens is 248 g/mol. The predicted molar refractivity (Wildman–Crippen MR) is 72.0 cm³/mol. The lowest BCUT2D eigenvalue weighted by Gasteiger charge is -2.23. The van der Waals surface area contributed by atoms with Gasteiger partial charge in [0.05, 0.1) is 0 Å². The lowest BCUT2D eigenvalue weighted by molar-refractivity contribution is 0.0737. The molecule has 2 atom stereocenters. The number of benzene rings is 1. The molecule has 2 aliphatic rings. The van der Waals surface area contributed by atoms with Crippen LogP contribution in [0.2, 0.25) is 5.02 Å². The summed E-state index contributed by atoms with van der Waals surface area (Å²) in [6.45, 7) is 4.81. The minimum atomic E-state index is 0.122. The first-order valence-electron chi connectivity index (χ1n) is 6.44. The molecule has 0 saturated carbocycles. The molecule has 96 valence electrons. The Labute approximate surface area is 112 Å². The maximum Gasteiger partial charge on any atom is 0.254 e. The molecule has 4 heteroatoms. The van der Waals surface area contributed by atoms with E-state index in [0.29, 0.717) is 22.5 Å². The van der Waals surface area contributed by atoms with E-state index in [1.165, 1.54) is 0 Å². The molecule has 3 rings (SSSR count). The summed E-state index contributed by atoms with van der Waals surface area (Å²) in [5.41, 5.74) is 1.75. The highest BCUT2D eigenvalue weighted by Gasteiger charge is 2.40. The van der Waals surface area contributed by atoms with E-state index in [0.717, 1.165) is 31.6 Å². The smallest absolute Gasteiger partial charge is 0.254 e. The molecule has 1 amide bonds. The van der Waals surface area contributed by atoms with Crippen LogP contribution in [-0.4, -0.2) is 36.5 Å². The molecular formula is C14H17ClN2O. The molecule has 3 nitrogen and oxygen atoms in total. The van der Waals surface area contributed by atoms with Crippen molar-refractivity contribution in [2.45, 2.75) is 19.4 Å². The molecule has 2 heterocycles. The zero-order valence-corrected chi connectivity index (χ0v) is 11.2. The van der Waals surface area contributed by atoms with E-state index in [1.54, 1.807) is 6.07 Å². The highest BCUT2D eigenvalue weighted by Crippen LogP contribution is 2.29. The van der Waals surface area contributed by atoms with E-state index in [9.17, 15) is 4.79 Å². The minimum absolute atomic E-state index is 0.122. The first kappa shape index (κ1) is 12.0. The standard InChI is InChI=1S/C14H17ClN2O/c1-9-4-11(6-12(15)5-9)14(18)17-3-2-10-7-16-8-13(10)17/h4-6,10,13,16H,2-3,7-8H2,1H3/t10-,13+/m0/s1. The Morgan fingerprint density at radius 1 is 1.39 bits per heavy atom. The van der Waals surface area contributed by atoms with E-state index in [2.05, 4.69) is 5.32 Å². The van der Waals surface area contributed by atoms with Crippen molar-refractivity contribution in [1.29, 1.82) is 0 Å². The van der Waals surface area contributed by atoms with E-state index in [4.69, 9.17) is 11.6 Å². The third-order valence-corrected chi connectivity index (χ3v) is 4.21. The second kappa shape index (κ2) is 4.56. The fourth-order valence-corrected chi connectivity index (χ4v) is 3.42. The van der Waals surface area contributed by atoms with Gasteiger partial charge in [-0.2, -0.15) is 0 Å². The summed E-state index contributed by atoms with van der Waals surface area (Å²) < 4.78 is 0. The topological polar surface area (TPSA) is 32.3 Å². The Hall–Kier alpha value is -1.06. The number of nitrogens with zero attached hydrogens (tertiary/aromatic N) is 1. The highest BCUT2D eigenvalue weighted by molar-refractivity contribution is 6.31. The van der Waals surface area contributed by atoms with Crippen molar-refractivity contribution in [3.63, 3.8) is 0 Å². The van der Waals surface area contributed by atoms with Crippen LogP contribution in [0.5, 0.6) is 0 Å². The van der Waals surface area contributed by atoms with E-state index < -0.39 is 0 Å². The van der Waals surface area contributed by atoms with Crippen molar-refractivity contribution < 1.29 is 4.79 Å². The van der Waals surface area contributed by atoms with Crippen LogP contribution in [0.1, 0.15) is 22.3 Å². The molecule has 0 aromatic heterocycles. The van der Waals surface area contributed by atoms with E-state index in [1.807, 2.05) is 24.0 Å². The van der Waals surface area contributed by atoms with Gasteiger partial charge in [-0.3, -0.25) is 4.79 Å². The number of halogens is 1. The van der Waals surface area contributed by atoms with Gasteiger partial charge < -0.3 is 10.2 Å². The monoisotopic (exact) mass is 264 g/mol. The number of carbonyl (C=O) groups is 1. The van der Waals surface area contributed by atoms with Gasteiger partial charge in [0.15, 0.2) is 0 Å². The van der Waals surface area contributed by atoms with Crippen LogP contribution < -0.4 is 5.32 Å². The fourth-order valence-electron chi connectivity index (χ4n) is 3.13. The summed E-state index contributed by atoms with van der Waals surface area (Å²) in [6.07, 6.45) is 1.11. The molecule has 2 fully saturated rings. The summed E-state index contributed by atoms with van der Waals surface area (Å²) in [7, 11) is 0. The quantitative estimate of drug-likeness (QED) is 0.842. The molecule has 1 N–H and O–H groups in total. The third kappa shape index (κ3) is 2.02. The molecule has 0 bridgehead atoms. The fraction of sp³-hybridized carbons (Fsp3) is 0.500. The largest absolute Gasteiger partial charge is 0.334 e. The Morgan fingerprint density at radius 2 is 2.22 bits per heavy atom. The first-order chi connectivity index (χ1) is 8.65. The lowest BCUT2D eigenvalue weighted by atomic mass is 10.0. The second-order valence-electron chi connectivity index (χ2n) is 5.29. The number of carbonyl (C=O) groups excluding carboxylic acids is 1. The average molecular weight is 265 g/mol. The number of nitrogens with one attached hydrogen (secondary N) is 1. The zero-order chi connectivity index (χ0) is 12.7. The van der Waals surface area contributed by atoms with Gasteiger partial charge in [0.1, 0.15) is 0 Å². The van der Waals surface area contributed by atoms with Crippen LogP contribution in [-0.2, 0) is 0 Å². The van der Waals surface area contributed by atoms with Gasteiger partial charge in [0, 0.05) is 36.3 Å². The highest BCUT2D eigenvalue weighted by atomic mass is 35.5. The van der Waals surface area contributed by atoms with Crippen molar-refractivity contribution in [2.75, 3.05) is 19.6 Å². The van der Waals surface area contributed by atoms with Crippen molar-refractivity contribution in [2.24, 2.45) is 5.92 Å². The second-order valence-corrected chi connectivity index (χ2v) is 5.73. The molecule has 0 unspecified atom stereocenters. The molecule has 0 spiro atoms.